The fraction of sp³-hybridized carbons (Fsp3) is 0.350. The van der Waals surface area contributed by atoms with E-state index in [1.807, 2.05) is 0 Å². The van der Waals surface area contributed by atoms with Gasteiger partial charge in [0.2, 0.25) is 0 Å². The summed E-state index contributed by atoms with van der Waals surface area (Å²) in [6.07, 6.45) is -3.85. The summed E-state index contributed by atoms with van der Waals surface area (Å²) in [6.45, 7) is 1.93. The van der Waals surface area contributed by atoms with E-state index in [4.69, 9.17) is 16.3 Å². The molecule has 1 aromatic carbocycles. The van der Waals surface area contributed by atoms with Gasteiger partial charge in [-0.25, -0.2) is 9.78 Å². The number of nitro benzene ring substituents is 1. The molecule has 176 valence electrons. The van der Waals surface area contributed by atoms with Crippen molar-refractivity contribution in [2.45, 2.75) is 13.1 Å². The maximum Gasteiger partial charge on any atom is 0.417 e. The average molecular weight is 487 g/mol. The number of hydrogen-bond acceptors (Lipinski definition) is 7. The third kappa shape index (κ3) is 5.69. The second-order valence-corrected chi connectivity index (χ2v) is 7.64. The molecule has 2 aromatic rings. The van der Waals surface area contributed by atoms with Crippen LogP contribution in [0, 0.1) is 17.0 Å². The van der Waals surface area contributed by atoms with Crippen LogP contribution in [0.2, 0.25) is 5.02 Å². The van der Waals surface area contributed by atoms with Crippen molar-refractivity contribution in [3.63, 3.8) is 0 Å². The maximum atomic E-state index is 12.8. The van der Waals surface area contributed by atoms with Crippen LogP contribution in [0.25, 0.3) is 0 Å². The summed E-state index contributed by atoms with van der Waals surface area (Å²) in [5.41, 5.74) is -0.853. The number of rotatable bonds is 5. The molecule has 1 saturated heterocycles. The first kappa shape index (κ1) is 24.2. The van der Waals surface area contributed by atoms with Crippen LogP contribution >= 0.6 is 11.6 Å². The number of ether oxygens (including phenoxy) is 1. The molecule has 0 radical (unpaired) electrons. The van der Waals surface area contributed by atoms with E-state index in [1.165, 1.54) is 24.0 Å². The summed E-state index contributed by atoms with van der Waals surface area (Å²) in [7, 11) is 0. The van der Waals surface area contributed by atoms with Crippen LogP contribution in [0.4, 0.5) is 24.7 Å². The predicted molar refractivity (Wildman–Crippen MR) is 111 cm³/mol. The fourth-order valence-electron chi connectivity index (χ4n) is 3.22. The van der Waals surface area contributed by atoms with Crippen molar-refractivity contribution >= 4 is 35.0 Å². The summed E-state index contributed by atoms with van der Waals surface area (Å²) in [6, 6.07) is 4.67. The molecule has 0 saturated carbocycles. The molecular weight excluding hydrogens is 469 g/mol. The number of hydrogen-bond donors (Lipinski definition) is 0. The van der Waals surface area contributed by atoms with Gasteiger partial charge >= 0.3 is 12.1 Å². The molecule has 0 bridgehead atoms. The van der Waals surface area contributed by atoms with Crippen LogP contribution in [0.15, 0.2) is 30.5 Å². The molecule has 13 heteroatoms. The van der Waals surface area contributed by atoms with E-state index >= 15 is 0 Å². The van der Waals surface area contributed by atoms with E-state index in [0.29, 0.717) is 11.8 Å². The van der Waals surface area contributed by atoms with Crippen molar-refractivity contribution in [1.82, 2.24) is 9.88 Å². The Morgan fingerprint density at radius 1 is 1.21 bits per heavy atom. The first-order valence-electron chi connectivity index (χ1n) is 9.65. The number of nitrogens with zero attached hydrogens (tertiary/aromatic N) is 4. The lowest BCUT2D eigenvalue weighted by Crippen LogP contribution is -2.50. The quantitative estimate of drug-likeness (QED) is 0.362. The smallest absolute Gasteiger partial charge is 0.417 e. The number of carbonyl (C=O) groups is 2. The van der Waals surface area contributed by atoms with Crippen molar-refractivity contribution in [2.24, 2.45) is 0 Å². The number of benzene rings is 1. The van der Waals surface area contributed by atoms with Gasteiger partial charge in [0, 0.05) is 44.0 Å². The lowest BCUT2D eigenvalue weighted by molar-refractivity contribution is -0.385. The Bertz CT molecular complexity index is 1090. The Labute approximate surface area is 190 Å². The number of pyridine rings is 1. The third-order valence-corrected chi connectivity index (χ3v) is 5.33. The van der Waals surface area contributed by atoms with Crippen molar-refractivity contribution < 1.29 is 32.4 Å². The number of amides is 1. The summed E-state index contributed by atoms with van der Waals surface area (Å²) >= 11 is 5.97. The van der Waals surface area contributed by atoms with Crippen molar-refractivity contribution in [3.8, 4) is 0 Å². The van der Waals surface area contributed by atoms with E-state index < -0.39 is 35.1 Å². The van der Waals surface area contributed by atoms with E-state index in [1.54, 1.807) is 4.90 Å². The number of aryl methyl sites for hydroxylation is 1. The topological polar surface area (TPSA) is 106 Å². The van der Waals surface area contributed by atoms with Crippen LogP contribution in [-0.2, 0) is 15.7 Å². The highest BCUT2D eigenvalue weighted by atomic mass is 35.5. The zero-order valence-electron chi connectivity index (χ0n) is 17.3. The fourth-order valence-corrected chi connectivity index (χ4v) is 3.51. The van der Waals surface area contributed by atoms with Gasteiger partial charge in [0.05, 0.1) is 21.1 Å². The molecular formula is C20H18ClF3N4O5. The molecule has 0 aliphatic carbocycles. The zero-order chi connectivity index (χ0) is 24.3. The zero-order valence-corrected chi connectivity index (χ0v) is 18.0. The number of aromatic nitrogens is 1. The predicted octanol–water partition coefficient (Wildman–Crippen LogP) is 3.48. The SMILES string of the molecule is Cc1ccc(C(=O)OCC(=O)N2CCN(c3ncc(C(F)(F)F)cc3Cl)CC2)cc1[N+](=O)[O-]. The molecule has 3 rings (SSSR count). The number of halogens is 4. The average Bonchev–Trinajstić information content (AvgIpc) is 2.76. The largest absolute Gasteiger partial charge is 0.452 e. The van der Waals surface area contributed by atoms with Crippen LogP contribution in [0.3, 0.4) is 0 Å². The van der Waals surface area contributed by atoms with Crippen molar-refractivity contribution in [3.05, 3.63) is 62.3 Å². The number of piperazine rings is 1. The van der Waals surface area contributed by atoms with Gasteiger partial charge in [-0.05, 0) is 19.1 Å². The number of anilines is 1. The van der Waals surface area contributed by atoms with Crippen LogP contribution in [0.5, 0.6) is 0 Å². The second kappa shape index (κ2) is 9.61. The highest BCUT2D eigenvalue weighted by Crippen LogP contribution is 2.33. The number of nitro groups is 1. The molecule has 0 unspecified atom stereocenters. The van der Waals surface area contributed by atoms with E-state index in [0.717, 1.165) is 12.1 Å². The van der Waals surface area contributed by atoms with Gasteiger partial charge in [0.25, 0.3) is 11.6 Å². The lowest BCUT2D eigenvalue weighted by atomic mass is 10.1. The van der Waals surface area contributed by atoms with Gasteiger partial charge in [-0.3, -0.25) is 14.9 Å². The minimum atomic E-state index is -4.55. The van der Waals surface area contributed by atoms with Gasteiger partial charge in [0.15, 0.2) is 6.61 Å². The van der Waals surface area contributed by atoms with Crippen LogP contribution < -0.4 is 4.90 Å². The van der Waals surface area contributed by atoms with E-state index in [-0.39, 0.29) is 48.3 Å². The molecule has 1 aromatic heterocycles. The highest BCUT2D eigenvalue weighted by molar-refractivity contribution is 6.33. The number of carbonyl (C=O) groups excluding carboxylic acids is 2. The Morgan fingerprint density at radius 3 is 2.45 bits per heavy atom. The molecule has 0 atom stereocenters. The first-order valence-corrected chi connectivity index (χ1v) is 10.0. The summed E-state index contributed by atoms with van der Waals surface area (Å²) < 4.78 is 43.3. The van der Waals surface area contributed by atoms with Gasteiger partial charge in [-0.1, -0.05) is 17.7 Å². The van der Waals surface area contributed by atoms with Gasteiger partial charge in [0.1, 0.15) is 5.82 Å². The molecule has 1 aliphatic heterocycles. The second-order valence-electron chi connectivity index (χ2n) is 7.23. The van der Waals surface area contributed by atoms with E-state index in [2.05, 4.69) is 4.98 Å². The van der Waals surface area contributed by atoms with Gasteiger partial charge in [-0.2, -0.15) is 13.2 Å². The molecule has 0 N–H and O–H groups in total. The number of esters is 1. The Hall–Kier alpha value is -3.41. The summed E-state index contributed by atoms with van der Waals surface area (Å²) in [4.78, 5) is 41.8. The lowest BCUT2D eigenvalue weighted by Gasteiger charge is -2.35. The van der Waals surface area contributed by atoms with Crippen LogP contribution in [-0.4, -0.2) is 59.5 Å². The Kier molecular flexibility index (Phi) is 7.06. The van der Waals surface area contributed by atoms with E-state index in [9.17, 15) is 32.9 Å². The standard InChI is InChI=1S/C20H18ClF3N4O5/c1-12-2-3-13(8-16(12)28(31)32)19(30)33-11-17(29)26-4-6-27(7-5-26)18-15(21)9-14(10-25-18)20(22,23)24/h2-3,8-10H,4-7,11H2,1H3. The molecule has 0 spiro atoms. The molecule has 9 nitrogen and oxygen atoms in total. The molecule has 1 aliphatic rings. The maximum absolute atomic E-state index is 12.8. The number of alkyl halides is 3. The monoisotopic (exact) mass is 486 g/mol. The minimum Gasteiger partial charge on any atom is -0.452 e. The highest BCUT2D eigenvalue weighted by Gasteiger charge is 2.32. The van der Waals surface area contributed by atoms with Crippen molar-refractivity contribution in [2.75, 3.05) is 37.7 Å². The van der Waals surface area contributed by atoms with Gasteiger partial charge < -0.3 is 14.5 Å². The molecule has 2 heterocycles. The van der Waals surface area contributed by atoms with Crippen LogP contribution in [0.1, 0.15) is 21.5 Å². The third-order valence-electron chi connectivity index (χ3n) is 5.05. The Morgan fingerprint density at radius 2 is 1.88 bits per heavy atom. The molecule has 33 heavy (non-hydrogen) atoms. The molecule has 1 amide bonds. The summed E-state index contributed by atoms with van der Waals surface area (Å²) in [5, 5.41) is 10.9. The first-order chi connectivity index (χ1) is 15.5. The Balaban J connectivity index is 1.54. The van der Waals surface area contributed by atoms with Crippen molar-refractivity contribution in [1.29, 1.82) is 0 Å². The normalized spacial score (nSPS) is 14.2. The van der Waals surface area contributed by atoms with Gasteiger partial charge in [-0.15, -0.1) is 0 Å². The molecule has 1 fully saturated rings. The summed E-state index contributed by atoms with van der Waals surface area (Å²) in [5.74, 6) is -1.16. The minimum absolute atomic E-state index is 0.0482.